The zero-order chi connectivity index (χ0) is 21.0. The van der Waals surface area contributed by atoms with Gasteiger partial charge < -0.3 is 40.3 Å². The Kier molecular flexibility index (Phi) is 6.68. The van der Waals surface area contributed by atoms with Crippen molar-refractivity contribution in [3.63, 3.8) is 0 Å². The van der Waals surface area contributed by atoms with E-state index in [0.29, 0.717) is 17.0 Å². The van der Waals surface area contributed by atoms with Gasteiger partial charge in [0.15, 0.2) is 0 Å². The van der Waals surface area contributed by atoms with E-state index in [1.165, 1.54) is 0 Å². The minimum absolute atomic E-state index is 0.230. The van der Waals surface area contributed by atoms with E-state index in [-0.39, 0.29) is 6.54 Å². The molecule has 29 heavy (non-hydrogen) atoms. The number of carboxylic acids is 1. The van der Waals surface area contributed by atoms with Gasteiger partial charge in [-0.25, -0.2) is 0 Å². The van der Waals surface area contributed by atoms with Gasteiger partial charge in [0.1, 0.15) is 36.7 Å². The Morgan fingerprint density at radius 1 is 1.03 bits per heavy atom. The summed E-state index contributed by atoms with van der Waals surface area (Å²) < 4.78 is 11.2. The number of nitrogens with one attached hydrogen (secondary N) is 1. The number of carbonyl (C=O) groups is 1. The molecular formula is C20H23NO8. The number of ether oxygens (including phenoxy) is 2. The van der Waals surface area contributed by atoms with Crippen LogP contribution in [0.15, 0.2) is 48.5 Å². The Labute approximate surface area is 166 Å². The normalized spacial score (nSPS) is 26.7. The van der Waals surface area contributed by atoms with Crippen molar-refractivity contribution < 1.29 is 39.8 Å². The first-order valence-corrected chi connectivity index (χ1v) is 9.03. The lowest BCUT2D eigenvalue weighted by atomic mass is 9.99. The van der Waals surface area contributed by atoms with Crippen LogP contribution in [0.3, 0.4) is 0 Å². The summed E-state index contributed by atoms with van der Waals surface area (Å²) in [5.41, 5.74) is 1.97. The summed E-state index contributed by atoms with van der Waals surface area (Å²) in [6, 6.07) is 14.0. The van der Waals surface area contributed by atoms with Gasteiger partial charge in [-0.3, -0.25) is 4.79 Å². The maximum absolute atomic E-state index is 10.8. The van der Waals surface area contributed by atoms with Crippen LogP contribution in [0, 0.1) is 0 Å². The molecule has 156 valence electrons. The second kappa shape index (κ2) is 9.21. The van der Waals surface area contributed by atoms with E-state index in [4.69, 9.17) is 14.6 Å². The van der Waals surface area contributed by atoms with Crippen LogP contribution in [-0.4, -0.2) is 75.4 Å². The van der Waals surface area contributed by atoms with Gasteiger partial charge in [0.05, 0.1) is 6.61 Å². The highest BCUT2D eigenvalue weighted by molar-refractivity contribution is 5.76. The number of anilines is 1. The lowest BCUT2D eigenvalue weighted by Gasteiger charge is -2.39. The zero-order valence-electron chi connectivity index (χ0n) is 15.4. The molecule has 3 rings (SSSR count). The Hall–Kier alpha value is -2.69. The molecular weight excluding hydrogens is 382 g/mol. The lowest BCUT2D eigenvalue weighted by molar-refractivity contribution is -0.277. The van der Waals surface area contributed by atoms with Crippen LogP contribution in [0.2, 0.25) is 0 Å². The van der Waals surface area contributed by atoms with Gasteiger partial charge >= 0.3 is 5.97 Å². The summed E-state index contributed by atoms with van der Waals surface area (Å²) in [7, 11) is 0. The predicted octanol–water partition coefficient (Wildman–Crippen LogP) is 0.0288. The molecule has 5 atom stereocenters. The molecule has 5 unspecified atom stereocenters. The third-order valence-corrected chi connectivity index (χ3v) is 4.60. The molecule has 0 aromatic heterocycles. The molecule has 1 heterocycles. The van der Waals surface area contributed by atoms with Crippen molar-refractivity contribution in [2.24, 2.45) is 0 Å². The van der Waals surface area contributed by atoms with E-state index in [9.17, 15) is 25.2 Å². The summed E-state index contributed by atoms with van der Waals surface area (Å²) in [5.74, 6) is -0.644. The molecule has 2 aromatic rings. The average Bonchev–Trinajstić information content (AvgIpc) is 2.73. The van der Waals surface area contributed by atoms with E-state index < -0.39 is 43.3 Å². The maximum atomic E-state index is 10.8. The zero-order valence-corrected chi connectivity index (χ0v) is 15.4. The minimum atomic E-state index is -1.54. The highest BCUT2D eigenvalue weighted by Crippen LogP contribution is 2.33. The molecule has 0 saturated carbocycles. The van der Waals surface area contributed by atoms with Crippen molar-refractivity contribution in [2.75, 3.05) is 18.5 Å². The molecule has 1 fully saturated rings. The molecule has 6 N–H and O–H groups in total. The maximum Gasteiger partial charge on any atom is 0.322 e. The molecule has 9 nitrogen and oxygen atoms in total. The Bertz CT molecular complexity index is 843. The Morgan fingerprint density at radius 2 is 1.79 bits per heavy atom. The number of carboxylic acid groups (broad SMARTS) is 1. The Balaban J connectivity index is 1.84. The average molecular weight is 405 g/mol. The van der Waals surface area contributed by atoms with Crippen molar-refractivity contribution in [1.29, 1.82) is 0 Å². The quantitative estimate of drug-likeness (QED) is 0.375. The fraction of sp³-hybridized carbons (Fsp3) is 0.350. The van der Waals surface area contributed by atoms with Crippen molar-refractivity contribution >= 4 is 11.7 Å². The molecule has 1 aliphatic heterocycles. The van der Waals surface area contributed by atoms with Crippen LogP contribution in [0.5, 0.6) is 5.75 Å². The third kappa shape index (κ3) is 4.84. The number of hydrogen-bond donors (Lipinski definition) is 6. The molecule has 0 radical (unpaired) electrons. The number of hydrogen-bond acceptors (Lipinski definition) is 8. The van der Waals surface area contributed by atoms with Gasteiger partial charge in [-0.15, -0.1) is 0 Å². The number of para-hydroxylation sites is 1. The van der Waals surface area contributed by atoms with Gasteiger partial charge in [0.25, 0.3) is 0 Å². The molecule has 0 spiro atoms. The van der Waals surface area contributed by atoms with Crippen LogP contribution >= 0.6 is 0 Å². The van der Waals surface area contributed by atoms with E-state index in [1.54, 1.807) is 48.5 Å². The molecule has 1 aliphatic rings. The SMILES string of the molecule is O=C(O)CNc1cccc(-c2ccccc2OC2OC(CO)C(O)C(O)C2O)c1. The van der Waals surface area contributed by atoms with Gasteiger partial charge in [-0.05, 0) is 23.8 Å². The monoisotopic (exact) mass is 405 g/mol. The largest absolute Gasteiger partial charge is 0.480 e. The first-order chi connectivity index (χ1) is 13.9. The lowest BCUT2D eigenvalue weighted by Crippen LogP contribution is -2.60. The number of aliphatic carboxylic acids is 1. The first-order valence-electron chi connectivity index (χ1n) is 9.03. The van der Waals surface area contributed by atoms with Gasteiger partial charge in [0, 0.05) is 11.3 Å². The standard InChI is InChI=1S/C20H23NO8/c22-10-15-17(25)18(26)19(27)20(29-15)28-14-7-2-1-6-13(14)11-4-3-5-12(8-11)21-9-16(23)24/h1-8,15,17-22,25-27H,9-10H2,(H,23,24). The summed E-state index contributed by atoms with van der Waals surface area (Å²) in [5, 5.41) is 51.0. The van der Waals surface area contributed by atoms with Crippen molar-refractivity contribution in [3.05, 3.63) is 48.5 Å². The van der Waals surface area contributed by atoms with Crippen molar-refractivity contribution in [3.8, 4) is 16.9 Å². The van der Waals surface area contributed by atoms with Crippen LogP contribution in [0.25, 0.3) is 11.1 Å². The summed E-state index contributed by atoms with van der Waals surface area (Å²) in [6.07, 6.45) is -6.91. The fourth-order valence-corrected chi connectivity index (χ4v) is 3.07. The summed E-state index contributed by atoms with van der Waals surface area (Å²) in [4.78, 5) is 10.8. The second-order valence-corrected chi connectivity index (χ2v) is 6.64. The molecule has 1 saturated heterocycles. The molecule has 9 heteroatoms. The molecule has 2 aromatic carbocycles. The topological polar surface area (TPSA) is 149 Å². The summed E-state index contributed by atoms with van der Waals surface area (Å²) in [6.45, 7) is -0.782. The number of benzene rings is 2. The molecule has 0 bridgehead atoms. The Morgan fingerprint density at radius 3 is 2.52 bits per heavy atom. The first kappa shape index (κ1) is 21.0. The number of aliphatic hydroxyl groups is 4. The smallest absolute Gasteiger partial charge is 0.322 e. The van der Waals surface area contributed by atoms with E-state index in [1.807, 2.05) is 0 Å². The third-order valence-electron chi connectivity index (χ3n) is 4.60. The highest BCUT2D eigenvalue weighted by atomic mass is 16.7. The minimum Gasteiger partial charge on any atom is -0.480 e. The predicted molar refractivity (Wildman–Crippen MR) is 102 cm³/mol. The van der Waals surface area contributed by atoms with E-state index in [0.717, 1.165) is 5.56 Å². The van der Waals surface area contributed by atoms with Gasteiger partial charge in [0.2, 0.25) is 6.29 Å². The van der Waals surface area contributed by atoms with Gasteiger partial charge in [-0.1, -0.05) is 30.3 Å². The summed E-state index contributed by atoms with van der Waals surface area (Å²) >= 11 is 0. The van der Waals surface area contributed by atoms with E-state index >= 15 is 0 Å². The van der Waals surface area contributed by atoms with Crippen LogP contribution in [0.4, 0.5) is 5.69 Å². The van der Waals surface area contributed by atoms with Crippen LogP contribution in [-0.2, 0) is 9.53 Å². The molecule has 0 amide bonds. The second-order valence-electron chi connectivity index (χ2n) is 6.64. The van der Waals surface area contributed by atoms with Gasteiger partial charge in [-0.2, -0.15) is 0 Å². The van der Waals surface area contributed by atoms with Crippen LogP contribution < -0.4 is 10.1 Å². The van der Waals surface area contributed by atoms with Crippen molar-refractivity contribution in [2.45, 2.75) is 30.7 Å². The number of aliphatic hydroxyl groups excluding tert-OH is 4. The molecule has 0 aliphatic carbocycles. The van der Waals surface area contributed by atoms with E-state index in [2.05, 4.69) is 5.32 Å². The highest BCUT2D eigenvalue weighted by Gasteiger charge is 2.44. The van der Waals surface area contributed by atoms with Crippen molar-refractivity contribution in [1.82, 2.24) is 0 Å². The van der Waals surface area contributed by atoms with Crippen LogP contribution in [0.1, 0.15) is 0 Å². The number of rotatable bonds is 7. The fourth-order valence-electron chi connectivity index (χ4n) is 3.07.